The molecule has 0 bridgehead atoms. The lowest BCUT2D eigenvalue weighted by atomic mass is 10.0. The third-order valence-corrected chi connectivity index (χ3v) is 4.44. The highest BCUT2D eigenvalue weighted by atomic mass is 32.1. The van der Waals surface area contributed by atoms with E-state index >= 15 is 0 Å². The summed E-state index contributed by atoms with van der Waals surface area (Å²) in [5.74, 6) is 2.43. The van der Waals surface area contributed by atoms with E-state index in [1.807, 2.05) is 42.5 Å². The summed E-state index contributed by atoms with van der Waals surface area (Å²) >= 11 is 0.496. The molecule has 1 heterocycles. The predicted octanol–water partition coefficient (Wildman–Crippen LogP) is 3.45. The van der Waals surface area contributed by atoms with Crippen molar-refractivity contribution in [3.8, 4) is 17.2 Å². The van der Waals surface area contributed by atoms with E-state index in [1.54, 1.807) is 19.6 Å². The monoisotopic (exact) mass is 403 g/mol. The Kier molecular flexibility index (Phi) is 9.07. The van der Waals surface area contributed by atoms with Crippen molar-refractivity contribution in [3.63, 3.8) is 0 Å². The molecule has 7 heteroatoms. The van der Waals surface area contributed by atoms with Gasteiger partial charge >= 0.3 is 0 Å². The summed E-state index contributed by atoms with van der Waals surface area (Å²) in [5.41, 5.74) is 2.00. The number of benzene rings is 2. The zero-order valence-electron chi connectivity index (χ0n) is 16.1. The van der Waals surface area contributed by atoms with Crippen molar-refractivity contribution in [3.05, 3.63) is 48.0 Å². The van der Waals surface area contributed by atoms with Gasteiger partial charge in [0.2, 0.25) is 5.91 Å². The zero-order valence-corrected chi connectivity index (χ0v) is 16.9. The smallest absolute Gasteiger partial charge is 0.224 e. The third-order valence-electron chi connectivity index (χ3n) is 4.06. The molecule has 0 aliphatic carbocycles. The van der Waals surface area contributed by atoms with Crippen LogP contribution in [0.3, 0.4) is 0 Å². The van der Waals surface area contributed by atoms with Gasteiger partial charge in [-0.15, -0.1) is 0 Å². The Hall–Kier alpha value is -2.80. The number of fused-ring (bicyclic) bond motifs is 1. The van der Waals surface area contributed by atoms with Gasteiger partial charge in [0.05, 0.1) is 32.1 Å². The van der Waals surface area contributed by atoms with Crippen LogP contribution < -0.4 is 19.5 Å². The number of rotatable bonds is 7. The van der Waals surface area contributed by atoms with Crippen molar-refractivity contribution in [1.82, 2.24) is 0 Å². The molecule has 0 spiro atoms. The van der Waals surface area contributed by atoms with E-state index in [4.69, 9.17) is 14.2 Å². The van der Waals surface area contributed by atoms with E-state index in [0.29, 0.717) is 24.3 Å². The highest BCUT2D eigenvalue weighted by Gasteiger charge is 2.14. The lowest BCUT2D eigenvalue weighted by molar-refractivity contribution is -0.116. The molecule has 0 aromatic heterocycles. The molecule has 2 aromatic rings. The first-order valence-electron chi connectivity index (χ1n) is 9.00. The number of carbonyl (C=O) groups excluding carboxylic acids is 1. The Bertz CT molecular complexity index is 810. The molecular weight excluding hydrogens is 378 g/mol. The Labute approximate surface area is 168 Å². The largest absolute Gasteiger partial charge is 0.494 e. The molecule has 0 unspecified atom stereocenters. The molecule has 6 nitrogen and oxygen atoms in total. The summed E-state index contributed by atoms with van der Waals surface area (Å²) in [5, 5.41) is 4.46. The minimum Gasteiger partial charge on any atom is -0.494 e. The maximum absolute atomic E-state index is 11.2. The molecule has 1 amide bonds. The SMILES string of the molecule is COc1ccccc1OC.O=S=CCCCOc1ccc2c(c1)CCC(=O)N2. The second kappa shape index (κ2) is 11.8. The summed E-state index contributed by atoms with van der Waals surface area (Å²) in [4.78, 5) is 11.2. The van der Waals surface area contributed by atoms with Crippen LogP contribution in [-0.2, 0) is 22.5 Å². The van der Waals surface area contributed by atoms with E-state index in [9.17, 15) is 9.00 Å². The van der Waals surface area contributed by atoms with Crippen molar-refractivity contribution in [2.45, 2.75) is 25.7 Å². The molecule has 0 radical (unpaired) electrons. The number of methoxy groups -OCH3 is 2. The number of carbonyl (C=O) groups is 1. The van der Waals surface area contributed by atoms with Crippen molar-refractivity contribution in [2.75, 3.05) is 26.1 Å². The van der Waals surface area contributed by atoms with Gasteiger partial charge in [-0.1, -0.05) is 12.1 Å². The van der Waals surface area contributed by atoms with E-state index < -0.39 is 0 Å². The number of unbranched alkanes of at least 4 members (excludes halogenated alkanes) is 1. The number of ether oxygens (including phenoxy) is 3. The van der Waals surface area contributed by atoms with Crippen LogP contribution >= 0.6 is 0 Å². The topological polar surface area (TPSA) is 73.9 Å². The Morgan fingerprint density at radius 2 is 1.79 bits per heavy atom. The van der Waals surface area contributed by atoms with E-state index in [-0.39, 0.29) is 5.91 Å². The van der Waals surface area contributed by atoms with Crippen LogP contribution in [0, 0.1) is 0 Å². The minimum absolute atomic E-state index is 0.0711. The van der Waals surface area contributed by atoms with Crippen LogP contribution in [0.2, 0.25) is 0 Å². The lowest BCUT2D eigenvalue weighted by Gasteiger charge is -2.17. The van der Waals surface area contributed by atoms with Gasteiger partial charge in [-0.25, -0.2) is 4.21 Å². The van der Waals surface area contributed by atoms with Gasteiger partial charge < -0.3 is 19.5 Å². The molecule has 0 fully saturated rings. The van der Waals surface area contributed by atoms with Crippen molar-refractivity contribution < 1.29 is 23.2 Å². The second-order valence-electron chi connectivity index (χ2n) is 5.98. The van der Waals surface area contributed by atoms with Crippen LogP contribution in [-0.4, -0.2) is 36.3 Å². The molecule has 1 N–H and O–H groups in total. The molecule has 3 rings (SSSR count). The standard InChI is InChI=1S/C13H15NO3S.C8H10O2/c15-13-6-3-10-9-11(4-5-12(10)14-13)17-7-1-2-8-18-16;1-9-7-5-3-4-6-8(7)10-2/h4-5,8-9H,1-3,6-7H2,(H,14,15);3-6H,1-2H3. The van der Waals surface area contributed by atoms with Crippen LogP contribution in [0.4, 0.5) is 5.69 Å². The minimum atomic E-state index is 0.0711. The highest BCUT2D eigenvalue weighted by molar-refractivity contribution is 7.64. The van der Waals surface area contributed by atoms with E-state index in [0.717, 1.165) is 47.8 Å². The van der Waals surface area contributed by atoms with Gasteiger partial charge in [0, 0.05) is 17.5 Å². The fourth-order valence-corrected chi connectivity index (χ4v) is 2.90. The van der Waals surface area contributed by atoms with Gasteiger partial charge in [0.25, 0.3) is 0 Å². The van der Waals surface area contributed by atoms with Crippen molar-refractivity contribution in [2.24, 2.45) is 0 Å². The summed E-state index contributed by atoms with van der Waals surface area (Å²) in [6.07, 6.45) is 2.89. The van der Waals surface area contributed by atoms with Crippen LogP contribution in [0.25, 0.3) is 0 Å². The van der Waals surface area contributed by atoms with E-state index in [2.05, 4.69) is 5.32 Å². The fourth-order valence-electron chi connectivity index (χ4n) is 2.64. The fraction of sp³-hybridized carbons (Fsp3) is 0.333. The van der Waals surface area contributed by atoms with Crippen LogP contribution in [0.1, 0.15) is 24.8 Å². The quantitative estimate of drug-likeness (QED) is 0.566. The summed E-state index contributed by atoms with van der Waals surface area (Å²) < 4.78 is 25.8. The van der Waals surface area contributed by atoms with Crippen LogP contribution in [0.5, 0.6) is 17.2 Å². The number of hydrogen-bond donors (Lipinski definition) is 1. The number of hydrogen-bond acceptors (Lipinski definition) is 5. The molecule has 2 aromatic carbocycles. The maximum atomic E-state index is 11.2. The molecule has 0 atom stereocenters. The van der Waals surface area contributed by atoms with Crippen molar-refractivity contribution >= 4 is 28.2 Å². The lowest BCUT2D eigenvalue weighted by Crippen LogP contribution is -2.18. The van der Waals surface area contributed by atoms with Gasteiger partial charge in [-0.05, 0) is 55.2 Å². The number of nitrogens with one attached hydrogen (secondary N) is 1. The Balaban J connectivity index is 0.000000237. The Morgan fingerprint density at radius 3 is 2.43 bits per heavy atom. The zero-order chi connectivity index (χ0) is 20.2. The second-order valence-corrected chi connectivity index (χ2v) is 6.50. The van der Waals surface area contributed by atoms with Crippen molar-refractivity contribution in [1.29, 1.82) is 0 Å². The first kappa shape index (κ1) is 21.5. The molecular formula is C21H25NO5S. The average molecular weight is 404 g/mol. The van der Waals surface area contributed by atoms with Gasteiger partial charge in [0.1, 0.15) is 5.75 Å². The molecule has 28 heavy (non-hydrogen) atoms. The number of para-hydroxylation sites is 2. The number of anilines is 1. The average Bonchev–Trinajstić information content (AvgIpc) is 2.74. The third kappa shape index (κ3) is 6.74. The molecule has 0 saturated carbocycles. The number of aryl methyl sites for hydroxylation is 1. The summed E-state index contributed by atoms with van der Waals surface area (Å²) in [6.45, 7) is 0.599. The van der Waals surface area contributed by atoms with E-state index in [1.165, 1.54) is 0 Å². The summed E-state index contributed by atoms with van der Waals surface area (Å²) in [7, 11) is 3.25. The van der Waals surface area contributed by atoms with Crippen LogP contribution in [0.15, 0.2) is 42.5 Å². The molecule has 150 valence electrons. The molecule has 1 aliphatic rings. The summed E-state index contributed by atoms with van der Waals surface area (Å²) in [6, 6.07) is 13.2. The maximum Gasteiger partial charge on any atom is 0.224 e. The first-order valence-corrected chi connectivity index (χ1v) is 9.81. The number of amides is 1. The normalized spacial score (nSPS) is 11.9. The highest BCUT2D eigenvalue weighted by Crippen LogP contribution is 2.27. The first-order chi connectivity index (χ1) is 13.7. The van der Waals surface area contributed by atoms with Gasteiger partial charge in [-0.3, -0.25) is 4.79 Å². The van der Waals surface area contributed by atoms with Gasteiger partial charge in [-0.2, -0.15) is 0 Å². The molecule has 1 aliphatic heterocycles. The molecule has 0 saturated heterocycles. The Morgan fingerprint density at radius 1 is 1.07 bits per heavy atom. The van der Waals surface area contributed by atoms with Gasteiger partial charge in [0.15, 0.2) is 11.5 Å². The predicted molar refractivity (Wildman–Crippen MR) is 112 cm³/mol.